The minimum absolute atomic E-state index is 0.786. The minimum atomic E-state index is 0.786. The molecule has 2 heterocycles. The van der Waals surface area contributed by atoms with Crippen LogP contribution < -0.4 is 5.32 Å². The van der Waals surface area contributed by atoms with E-state index in [-0.39, 0.29) is 0 Å². The SMILES string of the molecule is Brc1ccc(CNc2ccc(-c3cnco3)cc2)s1. The molecular weight excluding hydrogens is 324 g/mol. The van der Waals surface area contributed by atoms with E-state index in [1.165, 1.54) is 11.3 Å². The van der Waals surface area contributed by atoms with Gasteiger partial charge in [-0.1, -0.05) is 0 Å². The fourth-order valence-corrected chi connectivity index (χ4v) is 3.17. The highest BCUT2D eigenvalue weighted by molar-refractivity contribution is 9.11. The summed E-state index contributed by atoms with van der Waals surface area (Å²) in [6.07, 6.45) is 3.15. The molecule has 19 heavy (non-hydrogen) atoms. The highest BCUT2D eigenvalue weighted by atomic mass is 79.9. The van der Waals surface area contributed by atoms with E-state index in [0.717, 1.165) is 27.3 Å². The van der Waals surface area contributed by atoms with Crippen molar-refractivity contribution in [1.82, 2.24) is 4.98 Å². The number of benzene rings is 1. The first-order valence-corrected chi connectivity index (χ1v) is 7.39. The molecule has 5 heteroatoms. The van der Waals surface area contributed by atoms with Crippen LogP contribution in [-0.2, 0) is 6.54 Å². The van der Waals surface area contributed by atoms with Gasteiger partial charge < -0.3 is 9.73 Å². The Morgan fingerprint density at radius 1 is 1.16 bits per heavy atom. The highest BCUT2D eigenvalue weighted by Gasteiger charge is 2.01. The van der Waals surface area contributed by atoms with Crippen LogP contribution in [0, 0.1) is 0 Å². The first-order valence-electron chi connectivity index (χ1n) is 5.78. The van der Waals surface area contributed by atoms with Crippen molar-refractivity contribution in [2.45, 2.75) is 6.54 Å². The van der Waals surface area contributed by atoms with E-state index in [1.807, 2.05) is 24.3 Å². The average molecular weight is 335 g/mol. The number of hydrogen-bond acceptors (Lipinski definition) is 4. The number of aromatic nitrogens is 1. The molecule has 0 bridgehead atoms. The van der Waals surface area contributed by atoms with Crippen molar-refractivity contribution in [2.24, 2.45) is 0 Å². The molecular formula is C14H11BrN2OS. The fourth-order valence-electron chi connectivity index (χ4n) is 1.75. The second-order valence-corrected chi connectivity index (χ2v) is 6.55. The zero-order chi connectivity index (χ0) is 13.1. The van der Waals surface area contributed by atoms with Crippen molar-refractivity contribution in [3.8, 4) is 11.3 Å². The Labute approximate surface area is 123 Å². The third kappa shape index (κ3) is 3.05. The Morgan fingerprint density at radius 2 is 2.00 bits per heavy atom. The Balaban J connectivity index is 1.66. The van der Waals surface area contributed by atoms with Gasteiger partial charge in [-0.15, -0.1) is 11.3 Å². The van der Waals surface area contributed by atoms with Crippen LogP contribution in [0.2, 0.25) is 0 Å². The molecule has 1 N–H and O–H groups in total. The van der Waals surface area contributed by atoms with E-state index < -0.39 is 0 Å². The Morgan fingerprint density at radius 3 is 2.63 bits per heavy atom. The van der Waals surface area contributed by atoms with Crippen LogP contribution in [0.25, 0.3) is 11.3 Å². The number of halogens is 1. The van der Waals surface area contributed by atoms with E-state index in [4.69, 9.17) is 4.42 Å². The largest absolute Gasteiger partial charge is 0.444 e. The Kier molecular flexibility index (Phi) is 3.66. The molecule has 0 radical (unpaired) electrons. The first kappa shape index (κ1) is 12.4. The van der Waals surface area contributed by atoms with E-state index in [0.29, 0.717) is 0 Å². The predicted octanol–water partition coefficient (Wildman–Crippen LogP) is 4.78. The van der Waals surface area contributed by atoms with Crippen LogP contribution in [0.5, 0.6) is 0 Å². The van der Waals surface area contributed by atoms with Crippen molar-refractivity contribution in [3.05, 3.63) is 57.7 Å². The van der Waals surface area contributed by atoms with Gasteiger partial charge in [0.05, 0.1) is 9.98 Å². The lowest BCUT2D eigenvalue weighted by atomic mass is 10.2. The molecule has 0 saturated heterocycles. The summed E-state index contributed by atoms with van der Waals surface area (Å²) in [5.74, 6) is 0.786. The van der Waals surface area contributed by atoms with Crippen LogP contribution in [0.3, 0.4) is 0 Å². The molecule has 3 rings (SSSR count). The topological polar surface area (TPSA) is 38.1 Å². The number of thiophene rings is 1. The molecule has 0 aliphatic rings. The lowest BCUT2D eigenvalue weighted by Crippen LogP contribution is -1.96. The molecule has 0 atom stereocenters. The van der Waals surface area contributed by atoms with Crippen molar-refractivity contribution < 1.29 is 4.42 Å². The lowest BCUT2D eigenvalue weighted by Gasteiger charge is -2.05. The molecule has 0 saturated carbocycles. The van der Waals surface area contributed by atoms with Crippen molar-refractivity contribution in [1.29, 1.82) is 0 Å². The van der Waals surface area contributed by atoms with Gasteiger partial charge in [0.2, 0.25) is 0 Å². The van der Waals surface area contributed by atoms with Gasteiger partial charge in [-0.25, -0.2) is 4.98 Å². The predicted molar refractivity (Wildman–Crippen MR) is 81.3 cm³/mol. The van der Waals surface area contributed by atoms with Crippen LogP contribution in [0.1, 0.15) is 4.88 Å². The van der Waals surface area contributed by atoms with Gasteiger partial charge in [0.15, 0.2) is 12.2 Å². The first-order chi connectivity index (χ1) is 9.31. The highest BCUT2D eigenvalue weighted by Crippen LogP contribution is 2.24. The summed E-state index contributed by atoms with van der Waals surface area (Å²) in [6, 6.07) is 12.3. The summed E-state index contributed by atoms with van der Waals surface area (Å²) in [5, 5.41) is 3.39. The Bertz CT molecular complexity index is 646. The summed E-state index contributed by atoms with van der Waals surface area (Å²) >= 11 is 5.20. The second-order valence-electron chi connectivity index (χ2n) is 4.00. The number of nitrogens with zero attached hydrogens (tertiary/aromatic N) is 1. The van der Waals surface area contributed by atoms with Gasteiger partial charge in [-0.3, -0.25) is 0 Å². The van der Waals surface area contributed by atoms with Gasteiger partial charge in [0, 0.05) is 22.7 Å². The molecule has 2 aromatic heterocycles. The van der Waals surface area contributed by atoms with Gasteiger partial charge in [0.25, 0.3) is 0 Å². The van der Waals surface area contributed by atoms with Crippen molar-refractivity contribution in [2.75, 3.05) is 5.32 Å². The Hall–Kier alpha value is -1.59. The van der Waals surface area contributed by atoms with Crippen molar-refractivity contribution in [3.63, 3.8) is 0 Å². The molecule has 0 aliphatic heterocycles. The number of oxazole rings is 1. The third-order valence-electron chi connectivity index (χ3n) is 2.70. The van der Waals surface area contributed by atoms with Crippen LogP contribution in [0.4, 0.5) is 5.69 Å². The zero-order valence-corrected chi connectivity index (χ0v) is 12.4. The van der Waals surface area contributed by atoms with Gasteiger partial charge in [-0.2, -0.15) is 0 Å². The molecule has 3 aromatic rings. The van der Waals surface area contributed by atoms with Gasteiger partial charge in [0.1, 0.15) is 0 Å². The van der Waals surface area contributed by atoms with E-state index in [1.54, 1.807) is 17.5 Å². The molecule has 0 spiro atoms. The number of anilines is 1. The molecule has 0 amide bonds. The smallest absolute Gasteiger partial charge is 0.181 e. The van der Waals surface area contributed by atoms with E-state index in [9.17, 15) is 0 Å². The normalized spacial score (nSPS) is 10.6. The molecule has 0 unspecified atom stereocenters. The quantitative estimate of drug-likeness (QED) is 0.746. The molecule has 0 aliphatic carbocycles. The zero-order valence-electron chi connectivity index (χ0n) is 9.97. The number of nitrogens with one attached hydrogen (secondary N) is 1. The molecule has 3 nitrogen and oxygen atoms in total. The van der Waals surface area contributed by atoms with Gasteiger partial charge >= 0.3 is 0 Å². The molecule has 0 fully saturated rings. The maximum Gasteiger partial charge on any atom is 0.181 e. The fraction of sp³-hybridized carbons (Fsp3) is 0.0714. The summed E-state index contributed by atoms with van der Waals surface area (Å²) in [7, 11) is 0. The molecule has 96 valence electrons. The summed E-state index contributed by atoms with van der Waals surface area (Å²) in [4.78, 5) is 5.21. The third-order valence-corrected chi connectivity index (χ3v) is 4.32. The minimum Gasteiger partial charge on any atom is -0.444 e. The average Bonchev–Trinajstić information content (AvgIpc) is 3.08. The van der Waals surface area contributed by atoms with E-state index in [2.05, 4.69) is 38.4 Å². The number of hydrogen-bond donors (Lipinski definition) is 1. The van der Waals surface area contributed by atoms with Crippen molar-refractivity contribution >= 4 is 33.0 Å². The standard InChI is InChI=1S/C14H11BrN2OS/c15-14-6-5-12(19-14)7-17-11-3-1-10(2-4-11)13-8-16-9-18-13/h1-6,8-9,17H,7H2. The maximum absolute atomic E-state index is 5.26. The number of rotatable bonds is 4. The second kappa shape index (κ2) is 5.59. The van der Waals surface area contributed by atoms with Crippen LogP contribution in [0.15, 0.2) is 57.2 Å². The summed E-state index contributed by atoms with van der Waals surface area (Å²) < 4.78 is 6.41. The van der Waals surface area contributed by atoms with E-state index >= 15 is 0 Å². The monoisotopic (exact) mass is 334 g/mol. The van der Waals surface area contributed by atoms with Crippen LogP contribution >= 0.6 is 27.3 Å². The molecule has 1 aromatic carbocycles. The summed E-state index contributed by atoms with van der Waals surface area (Å²) in [6.45, 7) is 0.831. The lowest BCUT2D eigenvalue weighted by molar-refractivity contribution is 0.572. The van der Waals surface area contributed by atoms with Crippen LogP contribution in [-0.4, -0.2) is 4.98 Å². The maximum atomic E-state index is 5.26. The van der Waals surface area contributed by atoms with Gasteiger partial charge in [-0.05, 0) is 52.3 Å². The summed E-state index contributed by atoms with van der Waals surface area (Å²) in [5.41, 5.74) is 2.12.